The van der Waals surface area contributed by atoms with Crippen LogP contribution in [0.25, 0.3) is 11.1 Å². The van der Waals surface area contributed by atoms with Gasteiger partial charge in [-0.2, -0.15) is 4.98 Å². The molecule has 3 aromatic rings. The lowest BCUT2D eigenvalue weighted by Gasteiger charge is -2.06. The molecule has 0 aliphatic carbocycles. The van der Waals surface area contributed by atoms with E-state index in [0.717, 1.165) is 5.69 Å². The van der Waals surface area contributed by atoms with Crippen molar-refractivity contribution in [3.05, 3.63) is 52.0 Å². The van der Waals surface area contributed by atoms with Crippen LogP contribution in [0.2, 0.25) is 0 Å². The number of oxazole rings is 1. The standard InChI is InChI=1S/C14H14N4O2/c1-8-6-9(2)18(14(19)16-8)7-12-17-13-10(15)4-3-5-11(13)20-12/h3-6H,7,15H2,1-2H3. The number of hydrogen-bond acceptors (Lipinski definition) is 5. The van der Waals surface area contributed by atoms with Gasteiger partial charge in [0.2, 0.25) is 5.89 Å². The summed E-state index contributed by atoms with van der Waals surface area (Å²) in [5.41, 5.74) is 8.84. The normalized spacial score (nSPS) is 11.1. The van der Waals surface area contributed by atoms with Gasteiger partial charge < -0.3 is 10.2 Å². The topological polar surface area (TPSA) is 86.9 Å². The Morgan fingerprint density at radius 2 is 2.10 bits per heavy atom. The minimum atomic E-state index is -0.308. The van der Waals surface area contributed by atoms with Crippen LogP contribution in [0, 0.1) is 13.8 Å². The molecular formula is C14H14N4O2. The zero-order valence-electron chi connectivity index (χ0n) is 11.3. The van der Waals surface area contributed by atoms with Crippen molar-refractivity contribution in [3.8, 4) is 0 Å². The van der Waals surface area contributed by atoms with E-state index in [1.54, 1.807) is 25.1 Å². The molecule has 0 atom stereocenters. The van der Waals surface area contributed by atoms with Crippen LogP contribution in [-0.2, 0) is 6.54 Å². The fraction of sp³-hybridized carbons (Fsp3) is 0.214. The van der Waals surface area contributed by atoms with E-state index in [2.05, 4.69) is 9.97 Å². The van der Waals surface area contributed by atoms with Crippen molar-refractivity contribution >= 4 is 16.8 Å². The molecule has 0 unspecified atom stereocenters. The highest BCUT2D eigenvalue weighted by Gasteiger charge is 2.11. The molecular weight excluding hydrogens is 256 g/mol. The van der Waals surface area contributed by atoms with Crippen LogP contribution in [-0.4, -0.2) is 14.5 Å². The smallest absolute Gasteiger partial charge is 0.348 e. The lowest BCUT2D eigenvalue weighted by Crippen LogP contribution is -2.26. The second-order valence-corrected chi connectivity index (χ2v) is 4.71. The average molecular weight is 270 g/mol. The zero-order chi connectivity index (χ0) is 14.3. The SMILES string of the molecule is Cc1cc(C)n(Cc2nc3c(N)cccc3o2)c(=O)n1. The summed E-state index contributed by atoms with van der Waals surface area (Å²) in [6.45, 7) is 3.89. The van der Waals surface area contributed by atoms with Gasteiger partial charge in [0.1, 0.15) is 12.1 Å². The van der Waals surface area contributed by atoms with Gasteiger partial charge in [-0.15, -0.1) is 0 Å². The number of anilines is 1. The molecule has 0 bridgehead atoms. The van der Waals surface area contributed by atoms with Crippen molar-refractivity contribution in [3.63, 3.8) is 0 Å². The first-order valence-corrected chi connectivity index (χ1v) is 6.23. The molecule has 6 heteroatoms. The quantitative estimate of drug-likeness (QED) is 0.715. The third-order valence-electron chi connectivity index (χ3n) is 3.13. The minimum absolute atomic E-state index is 0.242. The summed E-state index contributed by atoms with van der Waals surface area (Å²) in [5.74, 6) is 0.439. The molecule has 0 spiro atoms. The average Bonchev–Trinajstić information content (AvgIpc) is 2.78. The van der Waals surface area contributed by atoms with Crippen molar-refractivity contribution in [1.82, 2.24) is 14.5 Å². The number of benzene rings is 1. The number of para-hydroxylation sites is 1. The van der Waals surface area contributed by atoms with E-state index in [-0.39, 0.29) is 12.2 Å². The molecule has 0 aliphatic heterocycles. The summed E-state index contributed by atoms with van der Waals surface area (Å²) >= 11 is 0. The van der Waals surface area contributed by atoms with Crippen LogP contribution in [0.15, 0.2) is 33.5 Å². The van der Waals surface area contributed by atoms with E-state index >= 15 is 0 Å². The Hall–Kier alpha value is -2.63. The van der Waals surface area contributed by atoms with Gasteiger partial charge in [0.25, 0.3) is 0 Å². The van der Waals surface area contributed by atoms with Crippen LogP contribution in [0.5, 0.6) is 0 Å². The van der Waals surface area contributed by atoms with Crippen molar-refractivity contribution in [1.29, 1.82) is 0 Å². The summed E-state index contributed by atoms with van der Waals surface area (Å²) in [7, 11) is 0. The first-order valence-electron chi connectivity index (χ1n) is 6.23. The molecule has 102 valence electrons. The van der Waals surface area contributed by atoms with Crippen LogP contribution < -0.4 is 11.4 Å². The molecule has 0 radical (unpaired) electrons. The minimum Gasteiger partial charge on any atom is -0.439 e. The molecule has 6 nitrogen and oxygen atoms in total. The number of nitrogens with two attached hydrogens (primary N) is 1. The fourth-order valence-electron chi connectivity index (χ4n) is 2.19. The van der Waals surface area contributed by atoms with Crippen molar-refractivity contribution in [2.45, 2.75) is 20.4 Å². The molecule has 2 N–H and O–H groups in total. The van der Waals surface area contributed by atoms with Gasteiger partial charge in [-0.25, -0.2) is 9.78 Å². The molecule has 2 heterocycles. The van der Waals surface area contributed by atoms with Gasteiger partial charge in [-0.3, -0.25) is 4.57 Å². The Morgan fingerprint density at radius 3 is 2.80 bits per heavy atom. The van der Waals surface area contributed by atoms with Crippen LogP contribution in [0.4, 0.5) is 5.69 Å². The van der Waals surface area contributed by atoms with E-state index in [4.69, 9.17) is 10.2 Å². The summed E-state index contributed by atoms with van der Waals surface area (Å²) in [6, 6.07) is 7.21. The van der Waals surface area contributed by atoms with E-state index in [0.29, 0.717) is 28.4 Å². The molecule has 3 rings (SSSR count). The number of aromatic nitrogens is 3. The Kier molecular flexibility index (Phi) is 2.78. The van der Waals surface area contributed by atoms with Gasteiger partial charge in [0, 0.05) is 11.4 Å². The Bertz CT molecular complexity index is 848. The van der Waals surface area contributed by atoms with Crippen molar-refractivity contribution in [2.24, 2.45) is 0 Å². The molecule has 0 aliphatic rings. The fourth-order valence-corrected chi connectivity index (χ4v) is 2.19. The number of aryl methyl sites for hydroxylation is 2. The highest BCUT2D eigenvalue weighted by Crippen LogP contribution is 2.21. The lowest BCUT2D eigenvalue weighted by molar-refractivity contribution is 0.496. The molecule has 20 heavy (non-hydrogen) atoms. The number of nitrogen functional groups attached to an aromatic ring is 1. The molecule has 0 amide bonds. The third-order valence-corrected chi connectivity index (χ3v) is 3.13. The second-order valence-electron chi connectivity index (χ2n) is 4.71. The van der Waals surface area contributed by atoms with Crippen LogP contribution >= 0.6 is 0 Å². The van der Waals surface area contributed by atoms with Crippen molar-refractivity contribution in [2.75, 3.05) is 5.73 Å². The van der Waals surface area contributed by atoms with Crippen molar-refractivity contribution < 1.29 is 4.42 Å². The first-order chi connectivity index (χ1) is 9.54. The lowest BCUT2D eigenvalue weighted by atomic mass is 10.3. The van der Waals surface area contributed by atoms with Gasteiger partial charge >= 0.3 is 5.69 Å². The van der Waals surface area contributed by atoms with Crippen LogP contribution in [0.1, 0.15) is 17.3 Å². The number of rotatable bonds is 2. The molecule has 0 saturated carbocycles. The zero-order valence-corrected chi connectivity index (χ0v) is 11.3. The second kappa shape index (κ2) is 4.48. The third kappa shape index (κ3) is 2.05. The van der Waals surface area contributed by atoms with E-state index in [1.165, 1.54) is 4.57 Å². The Balaban J connectivity index is 2.06. The number of hydrogen-bond donors (Lipinski definition) is 1. The summed E-state index contributed by atoms with van der Waals surface area (Å²) in [4.78, 5) is 20.2. The molecule has 2 aromatic heterocycles. The molecule has 1 aromatic carbocycles. The van der Waals surface area contributed by atoms with E-state index < -0.39 is 0 Å². The highest BCUT2D eigenvalue weighted by molar-refractivity contribution is 5.85. The first kappa shape index (κ1) is 12.4. The Labute approximate surface area is 114 Å². The number of fused-ring (bicyclic) bond motifs is 1. The maximum atomic E-state index is 11.9. The summed E-state index contributed by atoms with van der Waals surface area (Å²) < 4.78 is 7.14. The highest BCUT2D eigenvalue weighted by atomic mass is 16.3. The summed E-state index contributed by atoms with van der Waals surface area (Å²) in [6.07, 6.45) is 0. The van der Waals surface area contributed by atoms with Gasteiger partial charge in [0.15, 0.2) is 5.58 Å². The van der Waals surface area contributed by atoms with Gasteiger partial charge in [0.05, 0.1) is 5.69 Å². The maximum Gasteiger partial charge on any atom is 0.348 e. The monoisotopic (exact) mass is 270 g/mol. The predicted molar refractivity (Wildman–Crippen MR) is 75.5 cm³/mol. The van der Waals surface area contributed by atoms with E-state index in [1.807, 2.05) is 13.0 Å². The molecule has 0 saturated heterocycles. The summed E-state index contributed by atoms with van der Waals surface area (Å²) in [5, 5.41) is 0. The largest absolute Gasteiger partial charge is 0.439 e. The van der Waals surface area contributed by atoms with Crippen LogP contribution in [0.3, 0.4) is 0 Å². The Morgan fingerprint density at radius 1 is 1.30 bits per heavy atom. The maximum absolute atomic E-state index is 11.9. The van der Waals surface area contributed by atoms with Gasteiger partial charge in [-0.1, -0.05) is 6.07 Å². The predicted octanol–water partition coefficient (Wildman–Crippen LogP) is 1.63. The van der Waals surface area contributed by atoms with E-state index in [9.17, 15) is 4.79 Å². The number of nitrogens with zero attached hydrogens (tertiary/aromatic N) is 3. The van der Waals surface area contributed by atoms with Gasteiger partial charge in [-0.05, 0) is 32.0 Å². The molecule has 0 fully saturated rings.